The second-order valence-corrected chi connectivity index (χ2v) is 4.35. The number of nitrogens with two attached hydrogens (primary N) is 1. The van der Waals surface area contributed by atoms with Gasteiger partial charge in [0.05, 0.1) is 31.9 Å². The van der Waals surface area contributed by atoms with E-state index in [4.69, 9.17) is 14.9 Å². The predicted molar refractivity (Wildman–Crippen MR) is 63.6 cm³/mol. The molecule has 2 rings (SSSR count). The van der Waals surface area contributed by atoms with E-state index in [0.29, 0.717) is 19.8 Å². The Morgan fingerprint density at radius 1 is 1.59 bits per heavy atom. The molecule has 1 aliphatic heterocycles. The lowest BCUT2D eigenvalue weighted by atomic mass is 10.1. The molecule has 1 fully saturated rings. The first kappa shape index (κ1) is 12.6. The standard InChI is InChI=1S/C12H20N2O3/c1-9-2-3-12(17-9)11(6-13)14-4-5-16-8-10(14)7-15/h2-3,10-11,15H,4-8,13H2,1H3. The SMILES string of the molecule is Cc1ccc(C(CN)N2CCOCC2CO)o1. The largest absolute Gasteiger partial charge is 0.465 e. The van der Waals surface area contributed by atoms with Crippen molar-refractivity contribution in [3.05, 3.63) is 23.7 Å². The summed E-state index contributed by atoms with van der Waals surface area (Å²) in [5.74, 6) is 1.75. The van der Waals surface area contributed by atoms with Crippen LogP contribution < -0.4 is 5.73 Å². The third-order valence-corrected chi connectivity index (χ3v) is 3.20. The second kappa shape index (κ2) is 5.64. The predicted octanol–water partition coefficient (Wildman–Crippen LogP) is 0.281. The molecule has 1 saturated heterocycles. The number of rotatable bonds is 4. The highest BCUT2D eigenvalue weighted by Crippen LogP contribution is 2.25. The Morgan fingerprint density at radius 2 is 2.41 bits per heavy atom. The number of nitrogens with zero attached hydrogens (tertiary/aromatic N) is 1. The van der Waals surface area contributed by atoms with Gasteiger partial charge in [-0.15, -0.1) is 0 Å². The number of furan rings is 1. The molecule has 0 radical (unpaired) electrons. The zero-order valence-corrected chi connectivity index (χ0v) is 10.1. The van der Waals surface area contributed by atoms with Gasteiger partial charge in [-0.3, -0.25) is 4.90 Å². The van der Waals surface area contributed by atoms with E-state index in [1.165, 1.54) is 0 Å². The van der Waals surface area contributed by atoms with Gasteiger partial charge in [-0.05, 0) is 19.1 Å². The van der Waals surface area contributed by atoms with Crippen LogP contribution in [-0.2, 0) is 4.74 Å². The number of hydrogen-bond donors (Lipinski definition) is 2. The van der Waals surface area contributed by atoms with E-state index in [-0.39, 0.29) is 18.7 Å². The van der Waals surface area contributed by atoms with Crippen LogP contribution in [0.3, 0.4) is 0 Å². The van der Waals surface area contributed by atoms with Crippen LogP contribution in [0, 0.1) is 6.92 Å². The van der Waals surface area contributed by atoms with Crippen molar-refractivity contribution in [3.8, 4) is 0 Å². The number of hydrogen-bond acceptors (Lipinski definition) is 5. The van der Waals surface area contributed by atoms with E-state index in [2.05, 4.69) is 4.90 Å². The van der Waals surface area contributed by atoms with Crippen LogP contribution >= 0.6 is 0 Å². The van der Waals surface area contributed by atoms with Crippen molar-refractivity contribution < 1.29 is 14.3 Å². The molecule has 96 valence electrons. The van der Waals surface area contributed by atoms with Crippen molar-refractivity contribution in [3.63, 3.8) is 0 Å². The summed E-state index contributed by atoms with van der Waals surface area (Å²) in [6.07, 6.45) is 0. The van der Waals surface area contributed by atoms with Gasteiger partial charge in [0, 0.05) is 13.1 Å². The van der Waals surface area contributed by atoms with Crippen molar-refractivity contribution >= 4 is 0 Å². The van der Waals surface area contributed by atoms with Gasteiger partial charge in [0.15, 0.2) is 0 Å². The third-order valence-electron chi connectivity index (χ3n) is 3.20. The minimum absolute atomic E-state index is 0.00251. The topological polar surface area (TPSA) is 71.9 Å². The van der Waals surface area contributed by atoms with Crippen molar-refractivity contribution in [1.82, 2.24) is 4.90 Å². The number of morpholine rings is 1. The molecule has 0 spiro atoms. The summed E-state index contributed by atoms with van der Waals surface area (Å²) >= 11 is 0. The number of ether oxygens (including phenoxy) is 1. The van der Waals surface area contributed by atoms with Gasteiger partial charge >= 0.3 is 0 Å². The molecule has 0 bridgehead atoms. The number of aryl methyl sites for hydroxylation is 1. The second-order valence-electron chi connectivity index (χ2n) is 4.35. The van der Waals surface area contributed by atoms with E-state index in [9.17, 15) is 5.11 Å². The maximum Gasteiger partial charge on any atom is 0.122 e. The fraction of sp³-hybridized carbons (Fsp3) is 0.667. The van der Waals surface area contributed by atoms with Crippen molar-refractivity contribution in [2.75, 3.05) is 32.9 Å². The lowest BCUT2D eigenvalue weighted by Gasteiger charge is -2.38. The van der Waals surface area contributed by atoms with E-state index >= 15 is 0 Å². The van der Waals surface area contributed by atoms with Crippen LogP contribution in [0.2, 0.25) is 0 Å². The number of aliphatic hydroxyl groups excluding tert-OH is 1. The molecule has 5 nitrogen and oxygen atoms in total. The Morgan fingerprint density at radius 3 is 3.00 bits per heavy atom. The normalized spacial score (nSPS) is 23.8. The van der Waals surface area contributed by atoms with Crippen LogP contribution in [0.15, 0.2) is 16.5 Å². The quantitative estimate of drug-likeness (QED) is 0.791. The maximum atomic E-state index is 9.36. The monoisotopic (exact) mass is 240 g/mol. The Bertz CT molecular complexity index is 353. The van der Waals surface area contributed by atoms with E-state index in [0.717, 1.165) is 18.1 Å². The summed E-state index contributed by atoms with van der Waals surface area (Å²) in [7, 11) is 0. The summed E-state index contributed by atoms with van der Waals surface area (Å²) in [6.45, 7) is 4.46. The summed E-state index contributed by atoms with van der Waals surface area (Å²) in [5, 5.41) is 9.36. The number of aliphatic hydroxyl groups is 1. The highest BCUT2D eigenvalue weighted by atomic mass is 16.5. The molecule has 1 aromatic rings. The molecular weight excluding hydrogens is 220 g/mol. The molecule has 17 heavy (non-hydrogen) atoms. The average Bonchev–Trinajstić information content (AvgIpc) is 2.77. The van der Waals surface area contributed by atoms with Crippen LogP contribution in [0.5, 0.6) is 0 Å². The average molecular weight is 240 g/mol. The molecule has 1 aliphatic rings. The zero-order chi connectivity index (χ0) is 12.3. The Hall–Kier alpha value is -0.880. The Kier molecular flexibility index (Phi) is 4.17. The summed E-state index contributed by atoms with van der Waals surface area (Å²) in [5.41, 5.74) is 5.84. The van der Waals surface area contributed by atoms with Gasteiger partial charge in [-0.25, -0.2) is 0 Å². The van der Waals surface area contributed by atoms with Crippen LogP contribution in [0.1, 0.15) is 17.6 Å². The van der Waals surface area contributed by atoms with Gasteiger partial charge in [0.25, 0.3) is 0 Å². The fourth-order valence-corrected chi connectivity index (χ4v) is 2.28. The molecule has 2 atom stereocenters. The smallest absolute Gasteiger partial charge is 0.122 e. The Labute approximate surface area is 101 Å². The van der Waals surface area contributed by atoms with Gasteiger partial charge in [-0.2, -0.15) is 0 Å². The maximum absolute atomic E-state index is 9.36. The minimum Gasteiger partial charge on any atom is -0.465 e. The summed E-state index contributed by atoms with van der Waals surface area (Å²) in [4.78, 5) is 2.17. The molecule has 0 amide bonds. The first-order valence-corrected chi connectivity index (χ1v) is 5.97. The zero-order valence-electron chi connectivity index (χ0n) is 10.1. The molecule has 0 aliphatic carbocycles. The molecule has 5 heteroatoms. The van der Waals surface area contributed by atoms with Gasteiger partial charge in [0.1, 0.15) is 11.5 Å². The van der Waals surface area contributed by atoms with Crippen LogP contribution in [0.4, 0.5) is 0 Å². The lowest BCUT2D eigenvalue weighted by Crippen LogP contribution is -2.50. The Balaban J connectivity index is 2.16. The summed E-state index contributed by atoms with van der Waals surface area (Å²) in [6, 6.07) is 3.91. The first-order valence-electron chi connectivity index (χ1n) is 5.97. The highest BCUT2D eigenvalue weighted by molar-refractivity contribution is 5.11. The fourth-order valence-electron chi connectivity index (χ4n) is 2.28. The van der Waals surface area contributed by atoms with Gasteiger partial charge in [0.2, 0.25) is 0 Å². The lowest BCUT2D eigenvalue weighted by molar-refractivity contribution is -0.0498. The van der Waals surface area contributed by atoms with Crippen molar-refractivity contribution in [2.24, 2.45) is 5.73 Å². The van der Waals surface area contributed by atoms with Crippen molar-refractivity contribution in [2.45, 2.75) is 19.0 Å². The van der Waals surface area contributed by atoms with Crippen molar-refractivity contribution in [1.29, 1.82) is 0 Å². The van der Waals surface area contributed by atoms with Crippen LogP contribution in [0.25, 0.3) is 0 Å². The van der Waals surface area contributed by atoms with Gasteiger partial charge in [-0.1, -0.05) is 0 Å². The molecule has 1 aromatic heterocycles. The molecule has 2 unspecified atom stereocenters. The van der Waals surface area contributed by atoms with E-state index in [1.807, 2.05) is 19.1 Å². The third kappa shape index (κ3) is 2.69. The van der Waals surface area contributed by atoms with E-state index < -0.39 is 0 Å². The molecule has 2 heterocycles. The minimum atomic E-state index is 0.00251. The first-order chi connectivity index (χ1) is 8.26. The molecule has 0 saturated carbocycles. The van der Waals surface area contributed by atoms with Gasteiger partial charge < -0.3 is 20.0 Å². The molecule has 3 N–H and O–H groups in total. The summed E-state index contributed by atoms with van der Waals surface area (Å²) < 4.78 is 11.0. The molecule has 0 aromatic carbocycles. The van der Waals surface area contributed by atoms with Crippen LogP contribution in [-0.4, -0.2) is 49.0 Å². The molecular formula is C12H20N2O3. The highest BCUT2D eigenvalue weighted by Gasteiger charge is 2.30. The van der Waals surface area contributed by atoms with E-state index in [1.54, 1.807) is 0 Å².